The Morgan fingerprint density at radius 1 is 0.912 bits per heavy atom. The molecule has 1 aliphatic heterocycles. The average molecular weight is 469 g/mol. The van der Waals surface area contributed by atoms with Gasteiger partial charge in [-0.25, -0.2) is 0 Å². The van der Waals surface area contributed by atoms with Gasteiger partial charge in [0.2, 0.25) is 11.7 Å². The van der Waals surface area contributed by atoms with Gasteiger partial charge >= 0.3 is 5.97 Å². The third-order valence-corrected chi connectivity index (χ3v) is 5.24. The number of ether oxygens (including phenoxy) is 4. The van der Waals surface area contributed by atoms with E-state index in [4.69, 9.17) is 24.1 Å². The maximum Gasteiger partial charge on any atom is 0.303 e. The zero-order chi connectivity index (χ0) is 24.7. The first-order valence-corrected chi connectivity index (χ1v) is 10.5. The van der Waals surface area contributed by atoms with Crippen molar-refractivity contribution in [2.45, 2.75) is 19.3 Å². The largest absolute Gasteiger partial charge is 0.495 e. The molecule has 0 atom stereocenters. The molecule has 1 amide bonds. The topological polar surface area (TPSA) is 128 Å². The molecule has 10 heteroatoms. The maximum absolute atomic E-state index is 12.3. The van der Waals surface area contributed by atoms with Crippen molar-refractivity contribution in [2.75, 3.05) is 40.3 Å². The van der Waals surface area contributed by atoms with Crippen LogP contribution in [-0.4, -0.2) is 52.0 Å². The van der Waals surface area contributed by atoms with E-state index in [9.17, 15) is 9.59 Å². The number of carbonyl (C=O) groups is 2. The summed E-state index contributed by atoms with van der Waals surface area (Å²) in [5, 5.41) is 20.1. The zero-order valence-corrected chi connectivity index (χ0v) is 19.5. The van der Waals surface area contributed by atoms with Crippen LogP contribution >= 0.6 is 0 Å². The van der Waals surface area contributed by atoms with Gasteiger partial charge in [-0.3, -0.25) is 9.59 Å². The standard InChI is InChI=1S/C24H27N3O7/c1-31-18-9-8-14(10-17(18)26-21(28)6-5-7-22(29)30)16-13-25-27-23(16)15-11-19(32-2)24(34-4)20(12-15)33-3/h8-12H,5-7,13H2,1-4H3,(H,26,28)(H,29,30). The van der Waals surface area contributed by atoms with Gasteiger partial charge in [-0.2, -0.15) is 10.2 Å². The Morgan fingerprint density at radius 2 is 1.59 bits per heavy atom. The number of carbonyl (C=O) groups excluding carboxylic acids is 1. The minimum Gasteiger partial charge on any atom is -0.495 e. The second-order valence-electron chi connectivity index (χ2n) is 7.35. The van der Waals surface area contributed by atoms with Gasteiger partial charge in [-0.15, -0.1) is 0 Å². The van der Waals surface area contributed by atoms with Gasteiger partial charge in [0.05, 0.1) is 46.4 Å². The Morgan fingerprint density at radius 3 is 2.18 bits per heavy atom. The summed E-state index contributed by atoms with van der Waals surface area (Å²) in [4.78, 5) is 23.0. The lowest BCUT2D eigenvalue weighted by molar-refractivity contribution is -0.137. The molecule has 0 saturated heterocycles. The van der Waals surface area contributed by atoms with Crippen molar-refractivity contribution in [1.29, 1.82) is 0 Å². The first-order valence-electron chi connectivity index (χ1n) is 10.5. The number of hydrogen-bond donors (Lipinski definition) is 2. The molecule has 0 aromatic heterocycles. The fourth-order valence-electron chi connectivity index (χ4n) is 3.60. The molecule has 0 saturated carbocycles. The highest BCUT2D eigenvalue weighted by molar-refractivity contribution is 5.96. The second kappa shape index (κ2) is 11.2. The van der Waals surface area contributed by atoms with E-state index in [2.05, 4.69) is 15.5 Å². The molecule has 0 aliphatic carbocycles. The lowest BCUT2D eigenvalue weighted by Crippen LogP contribution is -2.13. The predicted octanol–water partition coefficient (Wildman–Crippen LogP) is 4.25. The van der Waals surface area contributed by atoms with Gasteiger partial charge in [-0.05, 0) is 36.2 Å². The van der Waals surface area contributed by atoms with Gasteiger partial charge in [0.1, 0.15) is 5.75 Å². The van der Waals surface area contributed by atoms with Crippen LogP contribution in [0.5, 0.6) is 23.0 Å². The quantitative estimate of drug-likeness (QED) is 0.503. The van der Waals surface area contributed by atoms with E-state index >= 15 is 0 Å². The number of nitrogens with one attached hydrogen (secondary N) is 1. The number of hydrogen-bond acceptors (Lipinski definition) is 8. The van der Waals surface area contributed by atoms with Crippen LogP contribution in [0.4, 0.5) is 5.69 Å². The molecule has 0 unspecified atom stereocenters. The molecule has 1 aliphatic rings. The Kier molecular flexibility index (Phi) is 8.07. The van der Waals surface area contributed by atoms with Crippen molar-refractivity contribution in [1.82, 2.24) is 0 Å². The van der Waals surface area contributed by atoms with Gasteiger partial charge in [0.25, 0.3) is 0 Å². The number of nitrogens with zero attached hydrogens (tertiary/aromatic N) is 2. The maximum atomic E-state index is 12.3. The monoisotopic (exact) mass is 469 g/mol. The normalized spacial score (nSPS) is 12.5. The summed E-state index contributed by atoms with van der Waals surface area (Å²) in [6, 6.07) is 9.01. The summed E-state index contributed by atoms with van der Waals surface area (Å²) in [6.45, 7) is 0.352. The first-order chi connectivity index (χ1) is 16.4. The lowest BCUT2D eigenvalue weighted by Gasteiger charge is -2.15. The third-order valence-electron chi connectivity index (χ3n) is 5.24. The highest BCUT2D eigenvalue weighted by atomic mass is 16.5. The Labute approximate surface area is 197 Å². The molecule has 2 aromatic rings. The van der Waals surface area contributed by atoms with E-state index < -0.39 is 5.97 Å². The van der Waals surface area contributed by atoms with Crippen molar-refractivity contribution in [3.63, 3.8) is 0 Å². The number of carboxylic acids is 1. The van der Waals surface area contributed by atoms with Crippen LogP contribution < -0.4 is 24.3 Å². The van der Waals surface area contributed by atoms with Crippen molar-refractivity contribution < 1.29 is 33.6 Å². The van der Waals surface area contributed by atoms with Crippen LogP contribution in [0.15, 0.2) is 40.6 Å². The molecule has 1 heterocycles. The molecular weight excluding hydrogens is 442 g/mol. The van der Waals surface area contributed by atoms with Crippen molar-refractivity contribution in [3.8, 4) is 23.0 Å². The molecule has 0 fully saturated rings. The molecule has 10 nitrogen and oxygen atoms in total. The first kappa shape index (κ1) is 24.6. The smallest absolute Gasteiger partial charge is 0.303 e. The van der Waals surface area contributed by atoms with E-state index in [1.165, 1.54) is 14.2 Å². The lowest BCUT2D eigenvalue weighted by atomic mass is 9.99. The minimum atomic E-state index is -0.938. The number of methoxy groups -OCH3 is 4. The number of anilines is 1. The number of rotatable bonds is 11. The highest BCUT2D eigenvalue weighted by Crippen LogP contribution is 2.43. The molecule has 0 bridgehead atoms. The van der Waals surface area contributed by atoms with Gasteiger partial charge in [0, 0.05) is 24.0 Å². The molecule has 2 aromatic carbocycles. The number of benzene rings is 2. The molecule has 34 heavy (non-hydrogen) atoms. The van der Waals surface area contributed by atoms with E-state index in [0.29, 0.717) is 40.9 Å². The van der Waals surface area contributed by atoms with Gasteiger partial charge < -0.3 is 29.4 Å². The number of amides is 1. The summed E-state index contributed by atoms with van der Waals surface area (Å²) in [7, 11) is 6.13. The van der Waals surface area contributed by atoms with Crippen LogP contribution in [0.25, 0.3) is 11.3 Å². The summed E-state index contributed by atoms with van der Waals surface area (Å²) in [5.74, 6) is 0.716. The van der Waals surface area contributed by atoms with Crippen LogP contribution in [0.2, 0.25) is 0 Å². The van der Waals surface area contributed by atoms with Crippen LogP contribution in [0, 0.1) is 0 Å². The molecule has 180 valence electrons. The molecule has 2 N–H and O–H groups in total. The Hall–Kier alpha value is -4.08. The van der Waals surface area contributed by atoms with Crippen LogP contribution in [-0.2, 0) is 9.59 Å². The Bertz CT molecular complexity index is 1120. The van der Waals surface area contributed by atoms with Crippen LogP contribution in [0.3, 0.4) is 0 Å². The summed E-state index contributed by atoms with van der Waals surface area (Å²) < 4.78 is 21.7. The second-order valence-corrected chi connectivity index (χ2v) is 7.35. The van der Waals surface area contributed by atoms with E-state index in [1.54, 1.807) is 38.5 Å². The fourth-order valence-corrected chi connectivity index (χ4v) is 3.60. The van der Waals surface area contributed by atoms with E-state index in [0.717, 1.165) is 16.7 Å². The van der Waals surface area contributed by atoms with E-state index in [-0.39, 0.29) is 25.2 Å². The average Bonchev–Trinajstić information content (AvgIpc) is 3.32. The third kappa shape index (κ3) is 5.45. The molecule has 0 spiro atoms. The minimum absolute atomic E-state index is 0.0708. The highest BCUT2D eigenvalue weighted by Gasteiger charge is 2.22. The number of azo groups is 1. The number of aliphatic carboxylic acids is 1. The summed E-state index contributed by atoms with van der Waals surface area (Å²) in [5.41, 5.74) is 3.50. The SMILES string of the molecule is COc1ccc(C2=C(c3cc(OC)c(OC)c(OC)c3)N=NC2)cc1NC(=O)CCCC(=O)O. The molecule has 3 rings (SSSR count). The van der Waals surface area contributed by atoms with Crippen molar-refractivity contribution in [3.05, 3.63) is 41.5 Å². The zero-order valence-electron chi connectivity index (χ0n) is 19.5. The summed E-state index contributed by atoms with van der Waals surface area (Å²) in [6.07, 6.45) is 0.264. The van der Waals surface area contributed by atoms with Crippen molar-refractivity contribution >= 4 is 28.8 Å². The Balaban J connectivity index is 1.97. The van der Waals surface area contributed by atoms with E-state index in [1.807, 2.05) is 6.07 Å². The molecule has 0 radical (unpaired) electrons. The van der Waals surface area contributed by atoms with Gasteiger partial charge in [0.15, 0.2) is 11.5 Å². The fraction of sp³-hybridized carbons (Fsp3) is 0.333. The van der Waals surface area contributed by atoms with Gasteiger partial charge in [-0.1, -0.05) is 6.07 Å². The van der Waals surface area contributed by atoms with Crippen LogP contribution in [0.1, 0.15) is 30.4 Å². The molecular formula is C24H27N3O7. The summed E-state index contributed by atoms with van der Waals surface area (Å²) >= 11 is 0. The van der Waals surface area contributed by atoms with Crippen molar-refractivity contribution in [2.24, 2.45) is 10.2 Å². The number of carboxylic acid groups (broad SMARTS) is 1. The predicted molar refractivity (Wildman–Crippen MR) is 126 cm³/mol.